The summed E-state index contributed by atoms with van der Waals surface area (Å²) in [5, 5.41) is 0. The van der Waals surface area contributed by atoms with Gasteiger partial charge in [0.25, 0.3) is 5.91 Å². The Balaban J connectivity index is 1.87. The minimum Gasteiger partial charge on any atom is -0.367 e. The van der Waals surface area contributed by atoms with Crippen molar-refractivity contribution in [3.63, 3.8) is 0 Å². The second kappa shape index (κ2) is 7.99. The van der Waals surface area contributed by atoms with Gasteiger partial charge in [-0.05, 0) is 23.6 Å². The molecule has 5 nitrogen and oxygen atoms in total. The first-order valence-corrected chi connectivity index (χ1v) is 10.00. The van der Waals surface area contributed by atoms with Gasteiger partial charge in [0.15, 0.2) is 5.60 Å². The molecule has 2 aromatic rings. The first kappa shape index (κ1) is 21.1. The molecule has 0 aliphatic carbocycles. The van der Waals surface area contributed by atoms with Crippen molar-refractivity contribution in [2.45, 2.75) is 39.7 Å². The topological polar surface area (TPSA) is 72.6 Å². The number of nitrogens with two attached hydrogens (primary N) is 1. The molecule has 0 radical (unpaired) electrons. The smallest absolute Gasteiger partial charge is 0.251 e. The van der Waals surface area contributed by atoms with Gasteiger partial charge < -0.3 is 15.4 Å². The number of carbonyl (C=O) groups is 2. The second-order valence-corrected chi connectivity index (χ2v) is 8.93. The summed E-state index contributed by atoms with van der Waals surface area (Å²) < 4.78 is 5.92. The molecule has 2 amide bonds. The van der Waals surface area contributed by atoms with E-state index in [0.717, 1.165) is 16.7 Å². The van der Waals surface area contributed by atoms with Crippen molar-refractivity contribution in [1.82, 2.24) is 4.90 Å². The Labute approximate surface area is 172 Å². The number of hydrogen-bond acceptors (Lipinski definition) is 3. The van der Waals surface area contributed by atoms with Crippen LogP contribution in [0.4, 0.5) is 0 Å². The average molecular weight is 395 g/mol. The van der Waals surface area contributed by atoms with Gasteiger partial charge in [-0.2, -0.15) is 0 Å². The van der Waals surface area contributed by atoms with E-state index in [2.05, 4.69) is 37.3 Å². The van der Waals surface area contributed by atoms with Crippen LogP contribution in [-0.4, -0.2) is 42.0 Å². The van der Waals surface area contributed by atoms with E-state index in [9.17, 15) is 9.59 Å². The molecule has 1 fully saturated rings. The molecule has 1 aliphatic rings. The molecule has 154 valence electrons. The average Bonchev–Trinajstić information content (AvgIpc) is 2.67. The quantitative estimate of drug-likeness (QED) is 0.864. The molecule has 2 N–H and O–H groups in total. The van der Waals surface area contributed by atoms with Gasteiger partial charge in [-0.25, -0.2) is 0 Å². The summed E-state index contributed by atoms with van der Waals surface area (Å²) in [5.41, 5.74) is 8.38. The summed E-state index contributed by atoms with van der Waals surface area (Å²) >= 11 is 0. The fourth-order valence-electron chi connectivity index (χ4n) is 3.71. The van der Waals surface area contributed by atoms with Gasteiger partial charge in [0.05, 0.1) is 13.2 Å². The van der Waals surface area contributed by atoms with Crippen LogP contribution in [0.25, 0.3) is 11.1 Å². The van der Waals surface area contributed by atoms with E-state index in [1.807, 2.05) is 39.0 Å². The van der Waals surface area contributed by atoms with Crippen LogP contribution < -0.4 is 5.73 Å². The number of morpholine rings is 1. The second-order valence-electron chi connectivity index (χ2n) is 8.93. The van der Waals surface area contributed by atoms with Crippen LogP contribution in [0.15, 0.2) is 48.5 Å². The molecule has 1 heterocycles. The summed E-state index contributed by atoms with van der Waals surface area (Å²) in [6, 6.07) is 16.4. The number of nitrogens with zero attached hydrogens (tertiary/aromatic N) is 1. The summed E-state index contributed by atoms with van der Waals surface area (Å²) in [6.45, 7) is 8.62. The van der Waals surface area contributed by atoms with E-state index in [1.165, 1.54) is 5.56 Å². The number of ether oxygens (including phenoxy) is 1. The lowest BCUT2D eigenvalue weighted by atomic mass is 9.88. The van der Waals surface area contributed by atoms with Gasteiger partial charge in [-0.1, -0.05) is 74.9 Å². The van der Waals surface area contributed by atoms with Crippen LogP contribution >= 0.6 is 0 Å². The fraction of sp³-hybridized carbons (Fsp3) is 0.417. The number of rotatable bonds is 4. The SMILES string of the molecule is Cc1ccc(-c2cccc(C[C@]3(C(N)=O)CN(C(=O)C(C)(C)C)CCO3)c2)cc1. The van der Waals surface area contributed by atoms with Crippen molar-refractivity contribution in [1.29, 1.82) is 0 Å². The minimum atomic E-state index is -1.22. The highest BCUT2D eigenvalue weighted by atomic mass is 16.5. The standard InChI is InChI=1S/C24H30N2O3/c1-17-8-10-19(11-9-17)20-7-5-6-18(14-20)15-24(21(25)27)16-26(12-13-29-24)22(28)23(2,3)4/h5-11,14H,12-13,15-16H2,1-4H3,(H2,25,27)/t24-/m1/s1. The minimum absolute atomic E-state index is 0.000156. The fourth-order valence-corrected chi connectivity index (χ4v) is 3.71. The Kier molecular flexibility index (Phi) is 5.80. The molecule has 0 unspecified atom stereocenters. The first-order valence-electron chi connectivity index (χ1n) is 10.00. The number of primary amides is 1. The first-order chi connectivity index (χ1) is 13.6. The van der Waals surface area contributed by atoms with Gasteiger partial charge in [0, 0.05) is 18.4 Å². The molecule has 0 aromatic heterocycles. The molecule has 2 aromatic carbocycles. The summed E-state index contributed by atoms with van der Waals surface area (Å²) in [4.78, 5) is 26.9. The largest absolute Gasteiger partial charge is 0.367 e. The van der Waals surface area contributed by atoms with E-state index in [0.29, 0.717) is 19.6 Å². The van der Waals surface area contributed by atoms with Gasteiger partial charge >= 0.3 is 0 Å². The Hall–Kier alpha value is -2.66. The van der Waals surface area contributed by atoms with Crippen LogP contribution in [0.3, 0.4) is 0 Å². The lowest BCUT2D eigenvalue weighted by Crippen LogP contribution is -2.62. The van der Waals surface area contributed by atoms with Gasteiger partial charge in [0.1, 0.15) is 0 Å². The van der Waals surface area contributed by atoms with Crippen LogP contribution in [-0.2, 0) is 20.7 Å². The third kappa shape index (κ3) is 4.67. The van der Waals surface area contributed by atoms with Crippen LogP contribution in [0.2, 0.25) is 0 Å². The van der Waals surface area contributed by atoms with Crippen LogP contribution in [0.1, 0.15) is 31.9 Å². The van der Waals surface area contributed by atoms with Crippen molar-refractivity contribution >= 4 is 11.8 Å². The summed E-state index contributed by atoms with van der Waals surface area (Å²) in [5.74, 6) is -0.538. The monoisotopic (exact) mass is 394 g/mol. The molecule has 1 saturated heterocycles. The van der Waals surface area contributed by atoms with E-state index in [1.54, 1.807) is 4.90 Å². The van der Waals surface area contributed by atoms with E-state index >= 15 is 0 Å². The third-order valence-corrected chi connectivity index (χ3v) is 5.37. The Morgan fingerprint density at radius 3 is 2.41 bits per heavy atom. The molecule has 29 heavy (non-hydrogen) atoms. The predicted molar refractivity (Wildman–Crippen MR) is 114 cm³/mol. The molecule has 1 aliphatic heterocycles. The molecular weight excluding hydrogens is 364 g/mol. The van der Waals surface area contributed by atoms with E-state index in [4.69, 9.17) is 10.5 Å². The highest BCUT2D eigenvalue weighted by molar-refractivity contribution is 5.87. The summed E-state index contributed by atoms with van der Waals surface area (Å²) in [7, 11) is 0. The maximum Gasteiger partial charge on any atom is 0.251 e. The Morgan fingerprint density at radius 2 is 1.79 bits per heavy atom. The maximum absolute atomic E-state index is 12.8. The van der Waals surface area contributed by atoms with Crippen molar-refractivity contribution < 1.29 is 14.3 Å². The zero-order chi connectivity index (χ0) is 21.2. The molecule has 1 atom stereocenters. The van der Waals surface area contributed by atoms with E-state index in [-0.39, 0.29) is 12.5 Å². The zero-order valence-electron chi connectivity index (χ0n) is 17.7. The number of benzene rings is 2. The van der Waals surface area contributed by atoms with Gasteiger partial charge in [0.2, 0.25) is 5.91 Å². The molecule has 0 saturated carbocycles. The number of amides is 2. The molecule has 3 rings (SSSR count). The number of carbonyl (C=O) groups excluding carboxylic acids is 2. The highest BCUT2D eigenvalue weighted by Crippen LogP contribution is 2.29. The maximum atomic E-state index is 12.8. The normalized spacial score (nSPS) is 19.8. The lowest BCUT2D eigenvalue weighted by Gasteiger charge is -2.42. The van der Waals surface area contributed by atoms with Crippen molar-refractivity contribution in [2.75, 3.05) is 19.7 Å². The molecule has 0 spiro atoms. The zero-order valence-corrected chi connectivity index (χ0v) is 17.7. The van der Waals surface area contributed by atoms with Crippen molar-refractivity contribution in [3.8, 4) is 11.1 Å². The van der Waals surface area contributed by atoms with Crippen molar-refractivity contribution in [2.24, 2.45) is 11.1 Å². The molecule has 0 bridgehead atoms. The van der Waals surface area contributed by atoms with Gasteiger partial charge in [-0.15, -0.1) is 0 Å². The number of hydrogen-bond donors (Lipinski definition) is 1. The molecular formula is C24H30N2O3. The Morgan fingerprint density at radius 1 is 1.10 bits per heavy atom. The molecule has 5 heteroatoms. The summed E-state index contributed by atoms with van der Waals surface area (Å²) in [6.07, 6.45) is 0.329. The van der Waals surface area contributed by atoms with Gasteiger partial charge in [-0.3, -0.25) is 9.59 Å². The van der Waals surface area contributed by atoms with Crippen LogP contribution in [0.5, 0.6) is 0 Å². The van der Waals surface area contributed by atoms with Crippen molar-refractivity contribution in [3.05, 3.63) is 59.7 Å². The third-order valence-electron chi connectivity index (χ3n) is 5.37. The predicted octanol–water partition coefficient (Wildman–Crippen LogP) is 3.33. The lowest BCUT2D eigenvalue weighted by molar-refractivity contribution is -0.167. The Bertz CT molecular complexity index is 899. The van der Waals surface area contributed by atoms with Crippen LogP contribution in [0, 0.1) is 12.3 Å². The highest BCUT2D eigenvalue weighted by Gasteiger charge is 2.45. The number of aryl methyl sites for hydroxylation is 1. The van der Waals surface area contributed by atoms with E-state index < -0.39 is 16.9 Å².